The Bertz CT molecular complexity index is 1060. The summed E-state index contributed by atoms with van der Waals surface area (Å²) in [5, 5.41) is 22.1. The van der Waals surface area contributed by atoms with E-state index in [0.29, 0.717) is 35.1 Å². The summed E-state index contributed by atoms with van der Waals surface area (Å²) in [4.78, 5) is 11.5. The average Bonchev–Trinajstić information content (AvgIpc) is 3.40. The number of benzene rings is 1. The largest absolute Gasteiger partial charge is 0.573 e. The van der Waals surface area contributed by atoms with Crippen molar-refractivity contribution >= 4 is 22.4 Å². The summed E-state index contributed by atoms with van der Waals surface area (Å²) in [5.74, 6) is -0.664. The van der Waals surface area contributed by atoms with E-state index in [0.717, 1.165) is 0 Å². The molecule has 9 nitrogen and oxygen atoms in total. The number of aryl methyl sites for hydroxylation is 1. The molecule has 2 N–H and O–H groups in total. The van der Waals surface area contributed by atoms with Gasteiger partial charge in [0.1, 0.15) is 16.9 Å². The lowest BCUT2D eigenvalue weighted by Gasteiger charge is -2.10. The van der Waals surface area contributed by atoms with Gasteiger partial charge in [-0.05, 0) is 30.5 Å². The van der Waals surface area contributed by atoms with Crippen LogP contribution in [-0.4, -0.2) is 57.2 Å². The van der Waals surface area contributed by atoms with Gasteiger partial charge < -0.3 is 15.4 Å². The number of aromatic nitrogens is 5. The highest BCUT2D eigenvalue weighted by atomic mass is 32.1. The van der Waals surface area contributed by atoms with Crippen LogP contribution in [0.2, 0.25) is 0 Å². The van der Waals surface area contributed by atoms with Crippen molar-refractivity contribution in [2.24, 2.45) is 0 Å². The predicted molar refractivity (Wildman–Crippen MR) is 112 cm³/mol. The molecular formula is C19H21F4N7O2S. The minimum Gasteiger partial charge on any atom is -0.406 e. The highest BCUT2D eigenvalue weighted by Crippen LogP contribution is 2.24. The highest BCUT2D eigenvalue weighted by Gasteiger charge is 2.31. The summed E-state index contributed by atoms with van der Waals surface area (Å²) in [6.45, 7) is 0.390. The lowest BCUT2D eigenvalue weighted by Crippen LogP contribution is -2.18. The first kappa shape index (κ1) is 24.4. The fourth-order valence-electron chi connectivity index (χ4n) is 2.83. The van der Waals surface area contributed by atoms with Crippen molar-refractivity contribution in [1.29, 1.82) is 0 Å². The molecule has 1 atom stereocenters. The first-order valence-corrected chi connectivity index (χ1v) is 10.7. The quantitative estimate of drug-likeness (QED) is 0.401. The Morgan fingerprint density at radius 3 is 2.82 bits per heavy atom. The molecule has 0 spiro atoms. The molecule has 3 rings (SSSR count). The van der Waals surface area contributed by atoms with Gasteiger partial charge >= 0.3 is 6.36 Å². The number of hydrogen-bond donors (Lipinski definition) is 2. The van der Waals surface area contributed by atoms with Crippen molar-refractivity contribution < 1.29 is 27.1 Å². The van der Waals surface area contributed by atoms with Crippen LogP contribution in [0.15, 0.2) is 30.5 Å². The van der Waals surface area contributed by atoms with Crippen LogP contribution in [0, 0.1) is 0 Å². The van der Waals surface area contributed by atoms with Gasteiger partial charge in [0.15, 0.2) is 5.69 Å². The van der Waals surface area contributed by atoms with Gasteiger partial charge in [0.05, 0.1) is 12.7 Å². The van der Waals surface area contributed by atoms with Crippen molar-refractivity contribution in [3.05, 3.63) is 46.7 Å². The zero-order valence-corrected chi connectivity index (χ0v) is 18.3. The van der Waals surface area contributed by atoms with E-state index in [1.54, 1.807) is 6.07 Å². The van der Waals surface area contributed by atoms with Crippen molar-refractivity contribution in [3.63, 3.8) is 0 Å². The Hall–Kier alpha value is -3.29. The third-order valence-electron chi connectivity index (χ3n) is 4.34. The number of hydrogen-bond acceptors (Lipinski definition) is 8. The van der Waals surface area contributed by atoms with E-state index in [2.05, 4.69) is 35.9 Å². The molecule has 0 fully saturated rings. The van der Waals surface area contributed by atoms with Crippen LogP contribution >= 0.6 is 11.3 Å². The number of ether oxygens (including phenoxy) is 1. The van der Waals surface area contributed by atoms with Crippen LogP contribution in [0.3, 0.4) is 0 Å². The van der Waals surface area contributed by atoms with Crippen molar-refractivity contribution in [2.45, 2.75) is 38.3 Å². The van der Waals surface area contributed by atoms with Crippen LogP contribution in [0.1, 0.15) is 27.5 Å². The van der Waals surface area contributed by atoms with Crippen LogP contribution in [0.25, 0.3) is 0 Å². The average molecular weight is 487 g/mol. The van der Waals surface area contributed by atoms with E-state index in [-0.39, 0.29) is 24.4 Å². The Labute approximate surface area is 190 Å². The summed E-state index contributed by atoms with van der Waals surface area (Å²) >= 11 is 1.28. The van der Waals surface area contributed by atoms with Gasteiger partial charge in [0, 0.05) is 20.0 Å². The van der Waals surface area contributed by atoms with E-state index < -0.39 is 18.4 Å². The predicted octanol–water partition coefficient (Wildman–Crippen LogP) is 3.01. The van der Waals surface area contributed by atoms with Gasteiger partial charge in [-0.25, -0.2) is 9.07 Å². The third kappa shape index (κ3) is 7.97. The van der Waals surface area contributed by atoms with E-state index in [1.165, 1.54) is 47.5 Å². The molecule has 33 heavy (non-hydrogen) atoms. The summed E-state index contributed by atoms with van der Waals surface area (Å²) in [7, 11) is 1.47. The van der Waals surface area contributed by atoms with Crippen molar-refractivity contribution in [2.75, 3.05) is 18.9 Å². The number of carbonyl (C=O) groups excluding carboxylic acids is 1. The van der Waals surface area contributed by atoms with Crippen LogP contribution in [0.5, 0.6) is 5.75 Å². The molecule has 3 aromatic rings. The molecule has 0 saturated heterocycles. The lowest BCUT2D eigenvalue weighted by molar-refractivity contribution is -0.274. The molecular weight excluding hydrogens is 466 g/mol. The molecule has 14 heteroatoms. The fraction of sp³-hybridized carbons (Fsp3) is 0.421. The molecule has 0 aliphatic heterocycles. The maximum absolute atomic E-state index is 14.3. The maximum Gasteiger partial charge on any atom is 0.573 e. The molecule has 0 radical (unpaired) electrons. The number of amides is 1. The van der Waals surface area contributed by atoms with E-state index in [4.69, 9.17) is 0 Å². The van der Waals surface area contributed by atoms with Crippen molar-refractivity contribution in [3.8, 4) is 5.75 Å². The summed E-state index contributed by atoms with van der Waals surface area (Å²) < 4.78 is 56.4. The molecule has 0 bridgehead atoms. The number of anilines is 1. The monoisotopic (exact) mass is 487 g/mol. The van der Waals surface area contributed by atoms with Crippen LogP contribution < -0.4 is 15.4 Å². The second kappa shape index (κ2) is 11.0. The molecule has 0 saturated carbocycles. The second-order valence-corrected chi connectivity index (χ2v) is 7.98. The van der Waals surface area contributed by atoms with Gasteiger partial charge in [-0.2, -0.15) is 0 Å². The van der Waals surface area contributed by atoms with Gasteiger partial charge in [-0.1, -0.05) is 28.7 Å². The summed E-state index contributed by atoms with van der Waals surface area (Å²) in [5.41, 5.74) is 0.783. The molecule has 2 heterocycles. The number of nitrogens with one attached hydrogen (secondary N) is 2. The van der Waals surface area contributed by atoms with Crippen LogP contribution in [-0.2, 0) is 19.4 Å². The smallest absolute Gasteiger partial charge is 0.406 e. The number of nitrogens with zero attached hydrogens (tertiary/aromatic N) is 5. The molecule has 0 aliphatic carbocycles. The molecule has 2 aromatic heterocycles. The molecule has 0 aliphatic rings. The Balaban J connectivity index is 1.41. The number of alkyl halides is 4. The van der Waals surface area contributed by atoms with Gasteiger partial charge in [-0.15, -0.1) is 28.5 Å². The Kier molecular flexibility index (Phi) is 8.14. The molecule has 0 unspecified atom stereocenters. The normalized spacial score (nSPS) is 12.4. The summed E-state index contributed by atoms with van der Waals surface area (Å²) in [6, 6.07) is 5.76. The zero-order chi connectivity index (χ0) is 23.8. The van der Waals surface area contributed by atoms with Crippen molar-refractivity contribution in [1.82, 2.24) is 30.5 Å². The topological polar surface area (TPSA) is 107 Å². The number of halogens is 4. The lowest BCUT2D eigenvalue weighted by atomic mass is 10.1. The second-order valence-electron chi connectivity index (χ2n) is 6.91. The van der Waals surface area contributed by atoms with E-state index >= 15 is 0 Å². The first-order valence-electron chi connectivity index (χ1n) is 9.89. The minimum absolute atomic E-state index is 0.0367. The fourth-order valence-corrected chi connectivity index (χ4v) is 3.61. The standard InChI is InChI=1S/C19H21F4N7O2S/c1-24-17(31)15-11-30(29-26-15)10-13(20)5-6-16-27-28-18(33-16)25-8-7-12-3-2-4-14(9-12)32-19(21,22)23/h2-4,9,11,13H,5-8,10H2,1H3,(H,24,31)(H,25,28)/t13-/m1/s1. The maximum atomic E-state index is 14.3. The molecule has 1 aromatic carbocycles. The van der Waals surface area contributed by atoms with Gasteiger partial charge in [0.25, 0.3) is 5.91 Å². The number of carbonyl (C=O) groups is 1. The zero-order valence-electron chi connectivity index (χ0n) is 17.5. The third-order valence-corrected chi connectivity index (χ3v) is 5.28. The first-order chi connectivity index (χ1) is 15.7. The van der Waals surface area contributed by atoms with E-state index in [1.807, 2.05) is 0 Å². The minimum atomic E-state index is -4.73. The number of rotatable bonds is 11. The highest BCUT2D eigenvalue weighted by molar-refractivity contribution is 7.15. The molecule has 178 valence electrons. The van der Waals surface area contributed by atoms with Gasteiger partial charge in [0.2, 0.25) is 5.13 Å². The Morgan fingerprint density at radius 1 is 1.24 bits per heavy atom. The van der Waals surface area contributed by atoms with E-state index in [9.17, 15) is 22.4 Å². The molecule has 1 amide bonds. The summed E-state index contributed by atoms with van der Waals surface area (Å²) in [6.07, 6.45) is -3.56. The van der Waals surface area contributed by atoms with Crippen LogP contribution in [0.4, 0.5) is 22.7 Å². The SMILES string of the molecule is CNC(=O)c1cn(C[C@H](F)CCc2nnc(NCCc3cccc(OC(F)(F)F)c3)s2)nn1. The van der Waals surface area contributed by atoms with Gasteiger partial charge in [-0.3, -0.25) is 4.79 Å². The Morgan fingerprint density at radius 2 is 2.06 bits per heavy atom.